The van der Waals surface area contributed by atoms with Crippen molar-refractivity contribution in [3.05, 3.63) is 48.0 Å². The molecule has 1 fully saturated rings. The number of aliphatic carboxylic acids is 1. The Morgan fingerprint density at radius 1 is 1.17 bits per heavy atom. The molecule has 0 radical (unpaired) electrons. The first-order valence-corrected chi connectivity index (χ1v) is 10.4. The van der Waals surface area contributed by atoms with E-state index in [1.165, 1.54) is 10.8 Å². The highest BCUT2D eigenvalue weighted by Crippen LogP contribution is 2.24. The molecule has 3 rings (SSSR count). The Morgan fingerprint density at radius 2 is 1.93 bits per heavy atom. The lowest BCUT2D eigenvalue weighted by molar-refractivity contribution is -0.138. The van der Waals surface area contributed by atoms with Crippen LogP contribution in [0.25, 0.3) is 10.8 Å². The first-order valence-electron chi connectivity index (χ1n) is 10.4. The zero-order valence-electron chi connectivity index (χ0n) is 17.3. The Hall–Kier alpha value is -2.44. The quantitative estimate of drug-likeness (QED) is 0.752. The van der Waals surface area contributed by atoms with Gasteiger partial charge in [-0.25, -0.2) is 0 Å². The Bertz CT molecular complexity index is 849. The molecule has 0 spiro atoms. The summed E-state index contributed by atoms with van der Waals surface area (Å²) in [4.78, 5) is 27.7. The maximum absolute atomic E-state index is 12.7. The molecule has 6 heteroatoms. The zero-order valence-corrected chi connectivity index (χ0v) is 17.3. The van der Waals surface area contributed by atoms with E-state index in [0.717, 1.165) is 37.9 Å². The fraction of sp³-hybridized carbons (Fsp3) is 0.478. The Labute approximate surface area is 172 Å². The summed E-state index contributed by atoms with van der Waals surface area (Å²) in [5, 5.41) is 14.5. The zero-order chi connectivity index (χ0) is 20.8. The number of carbonyl (C=O) groups is 2. The van der Waals surface area contributed by atoms with Crippen LogP contribution >= 0.6 is 0 Å². The summed E-state index contributed by atoms with van der Waals surface area (Å²) in [5.41, 5.74) is 1.13. The molecule has 0 saturated carbocycles. The van der Waals surface area contributed by atoms with Gasteiger partial charge in [0.05, 0.1) is 19.1 Å². The van der Waals surface area contributed by atoms with Gasteiger partial charge in [0, 0.05) is 12.6 Å². The van der Waals surface area contributed by atoms with Gasteiger partial charge >= 0.3 is 5.97 Å². The number of nitrogens with zero attached hydrogens (tertiary/aromatic N) is 2. The van der Waals surface area contributed by atoms with Crippen molar-refractivity contribution >= 4 is 22.6 Å². The lowest BCUT2D eigenvalue weighted by Gasteiger charge is -2.25. The minimum Gasteiger partial charge on any atom is -0.480 e. The number of likely N-dealkylation sites (N-methyl/N-ethyl adjacent to an activating group) is 1. The van der Waals surface area contributed by atoms with Gasteiger partial charge in [-0.1, -0.05) is 42.5 Å². The number of carbonyl (C=O) groups excluding carboxylic acids is 1. The molecule has 2 aromatic rings. The first-order chi connectivity index (χ1) is 13.9. The highest BCUT2D eigenvalue weighted by molar-refractivity contribution is 5.87. The van der Waals surface area contributed by atoms with E-state index in [4.69, 9.17) is 5.11 Å². The van der Waals surface area contributed by atoms with Gasteiger partial charge in [-0.2, -0.15) is 0 Å². The van der Waals surface area contributed by atoms with E-state index < -0.39 is 5.97 Å². The van der Waals surface area contributed by atoms with Gasteiger partial charge in [0.2, 0.25) is 5.91 Å². The van der Waals surface area contributed by atoms with Gasteiger partial charge < -0.3 is 10.4 Å². The number of amides is 1. The Kier molecular flexibility index (Phi) is 7.23. The van der Waals surface area contributed by atoms with Crippen LogP contribution in [0.4, 0.5) is 0 Å². The monoisotopic (exact) mass is 397 g/mol. The third kappa shape index (κ3) is 5.78. The SMILES string of the molecule is CC(NC(=O)CN1CCCC(N(C)CC(=O)O)CC1)c1cccc2ccccc12. The fourth-order valence-corrected chi connectivity index (χ4v) is 4.28. The molecule has 2 aromatic carbocycles. The van der Waals surface area contributed by atoms with Gasteiger partial charge in [0.25, 0.3) is 0 Å². The molecular formula is C23H31N3O3. The molecule has 2 unspecified atom stereocenters. The summed E-state index contributed by atoms with van der Waals surface area (Å²) >= 11 is 0. The van der Waals surface area contributed by atoms with Crippen molar-refractivity contribution in [2.45, 2.75) is 38.3 Å². The van der Waals surface area contributed by atoms with Gasteiger partial charge in [-0.3, -0.25) is 19.4 Å². The maximum Gasteiger partial charge on any atom is 0.317 e. The van der Waals surface area contributed by atoms with Crippen LogP contribution in [-0.4, -0.2) is 66.1 Å². The molecule has 6 nitrogen and oxygen atoms in total. The van der Waals surface area contributed by atoms with E-state index in [0.29, 0.717) is 6.54 Å². The molecule has 2 N–H and O–H groups in total. The van der Waals surface area contributed by atoms with Crippen LogP contribution in [-0.2, 0) is 9.59 Å². The summed E-state index contributed by atoms with van der Waals surface area (Å²) < 4.78 is 0. The molecule has 1 amide bonds. The summed E-state index contributed by atoms with van der Waals surface area (Å²) in [5.74, 6) is -0.766. The third-order valence-electron chi connectivity index (χ3n) is 5.83. The highest BCUT2D eigenvalue weighted by Gasteiger charge is 2.23. The van der Waals surface area contributed by atoms with Crippen LogP contribution < -0.4 is 5.32 Å². The Morgan fingerprint density at radius 3 is 2.72 bits per heavy atom. The van der Waals surface area contributed by atoms with Crippen LogP contribution in [0.1, 0.15) is 37.8 Å². The van der Waals surface area contributed by atoms with Gasteiger partial charge in [-0.05, 0) is 56.1 Å². The number of benzene rings is 2. The van der Waals surface area contributed by atoms with Crippen molar-refractivity contribution in [2.75, 3.05) is 33.2 Å². The lowest BCUT2D eigenvalue weighted by atomic mass is 10.00. The molecule has 1 aliphatic rings. The number of hydrogen-bond donors (Lipinski definition) is 2. The van der Waals surface area contributed by atoms with Crippen molar-refractivity contribution in [3.8, 4) is 0 Å². The average molecular weight is 398 g/mol. The fourth-order valence-electron chi connectivity index (χ4n) is 4.28. The van der Waals surface area contributed by atoms with E-state index in [1.54, 1.807) is 0 Å². The smallest absolute Gasteiger partial charge is 0.317 e. The summed E-state index contributed by atoms with van der Waals surface area (Å²) in [6, 6.07) is 14.6. The van der Waals surface area contributed by atoms with E-state index in [-0.39, 0.29) is 24.5 Å². The predicted molar refractivity (Wildman–Crippen MR) is 115 cm³/mol. The van der Waals surface area contributed by atoms with Crippen LogP contribution in [0, 0.1) is 0 Å². The molecule has 29 heavy (non-hydrogen) atoms. The van der Waals surface area contributed by atoms with E-state index in [9.17, 15) is 9.59 Å². The summed E-state index contributed by atoms with van der Waals surface area (Å²) in [6.45, 7) is 4.15. The predicted octanol–water partition coefficient (Wildman–Crippen LogP) is 2.89. The second-order valence-corrected chi connectivity index (χ2v) is 8.03. The molecule has 1 saturated heterocycles. The van der Waals surface area contributed by atoms with Crippen LogP contribution in [0.15, 0.2) is 42.5 Å². The molecular weight excluding hydrogens is 366 g/mol. The van der Waals surface area contributed by atoms with E-state index >= 15 is 0 Å². The number of fused-ring (bicyclic) bond motifs is 1. The summed E-state index contributed by atoms with van der Waals surface area (Å²) in [6.07, 6.45) is 2.82. The van der Waals surface area contributed by atoms with Crippen molar-refractivity contribution < 1.29 is 14.7 Å². The molecule has 0 aromatic heterocycles. The van der Waals surface area contributed by atoms with Gasteiger partial charge in [-0.15, -0.1) is 0 Å². The Balaban J connectivity index is 1.54. The minimum absolute atomic E-state index is 0.0303. The maximum atomic E-state index is 12.7. The van der Waals surface area contributed by atoms with Gasteiger partial charge in [0.15, 0.2) is 0 Å². The number of nitrogens with one attached hydrogen (secondary N) is 1. The molecule has 2 atom stereocenters. The van der Waals surface area contributed by atoms with Crippen LogP contribution in [0.3, 0.4) is 0 Å². The minimum atomic E-state index is -0.796. The summed E-state index contributed by atoms with van der Waals surface area (Å²) in [7, 11) is 1.87. The topological polar surface area (TPSA) is 72.9 Å². The van der Waals surface area contributed by atoms with Crippen molar-refractivity contribution in [1.82, 2.24) is 15.1 Å². The third-order valence-corrected chi connectivity index (χ3v) is 5.83. The number of carboxylic acids is 1. The number of hydrogen-bond acceptors (Lipinski definition) is 4. The molecule has 1 aliphatic heterocycles. The van der Waals surface area contributed by atoms with Crippen molar-refractivity contribution in [3.63, 3.8) is 0 Å². The normalized spacial score (nSPS) is 19.1. The molecule has 156 valence electrons. The lowest BCUT2D eigenvalue weighted by Crippen LogP contribution is -2.40. The van der Waals surface area contributed by atoms with Gasteiger partial charge in [0.1, 0.15) is 0 Å². The first kappa shape index (κ1) is 21.3. The van der Waals surface area contributed by atoms with E-state index in [1.807, 2.05) is 37.1 Å². The second kappa shape index (κ2) is 9.85. The highest BCUT2D eigenvalue weighted by atomic mass is 16.4. The van der Waals surface area contributed by atoms with Crippen molar-refractivity contribution in [1.29, 1.82) is 0 Å². The number of likely N-dealkylation sites (tertiary alicyclic amines) is 1. The average Bonchev–Trinajstić information content (AvgIpc) is 2.92. The number of rotatable bonds is 7. The number of carboxylic acid groups (broad SMARTS) is 1. The van der Waals surface area contributed by atoms with E-state index in [2.05, 4.69) is 34.5 Å². The standard InChI is InChI=1S/C23H31N3O3/c1-17(20-11-5-8-18-7-3-4-10-21(18)20)24-22(27)15-26-13-6-9-19(12-14-26)25(2)16-23(28)29/h3-5,7-8,10-11,17,19H,6,9,12-16H2,1-2H3,(H,24,27)(H,28,29). The molecule has 0 aliphatic carbocycles. The largest absolute Gasteiger partial charge is 0.480 e. The molecule has 1 heterocycles. The van der Waals surface area contributed by atoms with Crippen LogP contribution in [0.2, 0.25) is 0 Å². The molecule has 0 bridgehead atoms. The van der Waals surface area contributed by atoms with Crippen molar-refractivity contribution in [2.24, 2.45) is 0 Å². The second-order valence-electron chi connectivity index (χ2n) is 8.03. The van der Waals surface area contributed by atoms with Crippen LogP contribution in [0.5, 0.6) is 0 Å².